The van der Waals surface area contributed by atoms with Gasteiger partial charge in [-0.05, 0) is 52.8 Å². The van der Waals surface area contributed by atoms with Gasteiger partial charge in [0.1, 0.15) is 0 Å². The van der Waals surface area contributed by atoms with E-state index in [9.17, 15) is 0 Å². The molecule has 7 heteroatoms. The summed E-state index contributed by atoms with van der Waals surface area (Å²) in [5.74, 6) is 1.33. The number of benzene rings is 1. The van der Waals surface area contributed by atoms with E-state index in [1.165, 1.54) is 0 Å². The van der Waals surface area contributed by atoms with Gasteiger partial charge in [0, 0.05) is 7.05 Å². The van der Waals surface area contributed by atoms with E-state index in [-0.39, 0.29) is 0 Å². The molecule has 0 atom stereocenters. The normalized spacial score (nSPS) is 10.3. The van der Waals surface area contributed by atoms with E-state index in [0.717, 1.165) is 10.0 Å². The van der Waals surface area contributed by atoms with Crippen LogP contribution in [0, 0.1) is 0 Å². The average Bonchev–Trinajstić information content (AvgIpc) is 2.38. The van der Waals surface area contributed by atoms with Crippen LogP contribution in [0.4, 0.5) is 0 Å². The van der Waals surface area contributed by atoms with Crippen molar-refractivity contribution in [3.63, 3.8) is 0 Å². The molecule has 19 heavy (non-hydrogen) atoms. The molecule has 0 heterocycles. The van der Waals surface area contributed by atoms with Gasteiger partial charge >= 0.3 is 0 Å². The average molecular weight is 346 g/mol. The summed E-state index contributed by atoms with van der Waals surface area (Å²) >= 11 is 8.35. The summed E-state index contributed by atoms with van der Waals surface area (Å²) in [6, 6.07) is 3.73. The summed E-state index contributed by atoms with van der Waals surface area (Å²) in [7, 11) is 3.32. The zero-order valence-electron chi connectivity index (χ0n) is 11.0. The van der Waals surface area contributed by atoms with Gasteiger partial charge in [0.05, 0.1) is 24.4 Å². The van der Waals surface area contributed by atoms with Crippen LogP contribution in [0.25, 0.3) is 0 Å². The molecular formula is C12H16BrN3O2S. The second kappa shape index (κ2) is 7.96. The van der Waals surface area contributed by atoms with Crippen LogP contribution in [-0.4, -0.2) is 32.1 Å². The summed E-state index contributed by atoms with van der Waals surface area (Å²) in [5.41, 5.74) is 3.55. The second-order valence-corrected chi connectivity index (χ2v) is 4.68. The molecule has 104 valence electrons. The first kappa shape index (κ1) is 15.7. The maximum absolute atomic E-state index is 5.52. The van der Waals surface area contributed by atoms with Crippen LogP contribution in [0.3, 0.4) is 0 Å². The third-order valence-corrected chi connectivity index (χ3v) is 3.03. The number of hydrogen-bond donors (Lipinski definition) is 2. The lowest BCUT2D eigenvalue weighted by molar-refractivity contribution is 0.310. The fraction of sp³-hybridized carbons (Fsp3) is 0.333. The van der Waals surface area contributed by atoms with Gasteiger partial charge in [-0.2, -0.15) is 5.10 Å². The molecular weight excluding hydrogens is 330 g/mol. The van der Waals surface area contributed by atoms with Gasteiger partial charge in [0.2, 0.25) is 0 Å². The van der Waals surface area contributed by atoms with Gasteiger partial charge in [-0.3, -0.25) is 5.43 Å². The monoisotopic (exact) mass is 345 g/mol. The number of hydrogen-bond acceptors (Lipinski definition) is 4. The van der Waals surface area contributed by atoms with E-state index in [1.807, 2.05) is 19.1 Å². The van der Waals surface area contributed by atoms with Crippen molar-refractivity contribution in [3.8, 4) is 11.5 Å². The molecule has 0 fully saturated rings. The number of ether oxygens (including phenoxy) is 2. The molecule has 0 amide bonds. The summed E-state index contributed by atoms with van der Waals surface area (Å²) in [6.07, 6.45) is 1.65. The lowest BCUT2D eigenvalue weighted by atomic mass is 10.2. The summed E-state index contributed by atoms with van der Waals surface area (Å²) in [6.45, 7) is 2.48. The molecule has 2 N–H and O–H groups in total. The molecule has 1 aromatic carbocycles. The van der Waals surface area contributed by atoms with Crippen LogP contribution in [0.2, 0.25) is 0 Å². The van der Waals surface area contributed by atoms with Gasteiger partial charge in [0.25, 0.3) is 0 Å². The summed E-state index contributed by atoms with van der Waals surface area (Å²) < 4.78 is 11.6. The molecule has 0 unspecified atom stereocenters. The van der Waals surface area contributed by atoms with E-state index >= 15 is 0 Å². The highest BCUT2D eigenvalue weighted by Crippen LogP contribution is 2.36. The third kappa shape index (κ3) is 4.68. The largest absolute Gasteiger partial charge is 0.492 e. The first-order valence-corrected chi connectivity index (χ1v) is 6.83. The van der Waals surface area contributed by atoms with Gasteiger partial charge in [-0.1, -0.05) is 0 Å². The van der Waals surface area contributed by atoms with Gasteiger partial charge < -0.3 is 14.8 Å². The van der Waals surface area contributed by atoms with Crippen molar-refractivity contribution >= 4 is 39.5 Å². The topological polar surface area (TPSA) is 54.9 Å². The van der Waals surface area contributed by atoms with Crippen molar-refractivity contribution in [1.29, 1.82) is 0 Å². The molecule has 0 aliphatic carbocycles. The van der Waals surface area contributed by atoms with Crippen molar-refractivity contribution in [2.24, 2.45) is 5.10 Å². The number of nitrogens with one attached hydrogen (secondary N) is 2. The highest BCUT2D eigenvalue weighted by atomic mass is 79.9. The highest BCUT2D eigenvalue weighted by Gasteiger charge is 2.10. The third-order valence-electron chi connectivity index (χ3n) is 2.14. The first-order chi connectivity index (χ1) is 9.12. The van der Waals surface area contributed by atoms with E-state index in [0.29, 0.717) is 23.2 Å². The molecule has 0 aliphatic heterocycles. The Bertz CT molecular complexity index is 480. The van der Waals surface area contributed by atoms with Crippen molar-refractivity contribution in [3.05, 3.63) is 22.2 Å². The van der Waals surface area contributed by atoms with Crippen LogP contribution in [-0.2, 0) is 0 Å². The maximum Gasteiger partial charge on any atom is 0.186 e. The molecule has 0 aromatic heterocycles. The molecule has 0 saturated heterocycles. The fourth-order valence-electron chi connectivity index (χ4n) is 1.34. The minimum atomic E-state index is 0.453. The lowest BCUT2D eigenvalue weighted by Gasteiger charge is -2.11. The fourth-order valence-corrected chi connectivity index (χ4v) is 2.02. The summed E-state index contributed by atoms with van der Waals surface area (Å²) in [5, 5.41) is 7.23. The van der Waals surface area contributed by atoms with Crippen molar-refractivity contribution < 1.29 is 9.47 Å². The Kier molecular flexibility index (Phi) is 6.58. The van der Waals surface area contributed by atoms with Crippen molar-refractivity contribution in [2.75, 3.05) is 20.8 Å². The number of hydrazone groups is 1. The van der Waals surface area contributed by atoms with Crippen LogP contribution in [0.15, 0.2) is 21.7 Å². The molecule has 0 spiro atoms. The predicted molar refractivity (Wildman–Crippen MR) is 84.3 cm³/mol. The number of nitrogens with zero attached hydrogens (tertiary/aromatic N) is 1. The van der Waals surface area contributed by atoms with Crippen LogP contribution < -0.4 is 20.2 Å². The molecule has 0 radical (unpaired) electrons. The van der Waals surface area contributed by atoms with Gasteiger partial charge in [-0.25, -0.2) is 0 Å². The Labute approximate surface area is 126 Å². The van der Waals surface area contributed by atoms with Crippen molar-refractivity contribution in [1.82, 2.24) is 10.7 Å². The molecule has 5 nitrogen and oxygen atoms in total. The van der Waals surface area contributed by atoms with Gasteiger partial charge in [-0.15, -0.1) is 0 Å². The second-order valence-electron chi connectivity index (χ2n) is 3.42. The first-order valence-electron chi connectivity index (χ1n) is 5.63. The Hall–Kier alpha value is -1.34. The highest BCUT2D eigenvalue weighted by molar-refractivity contribution is 9.10. The van der Waals surface area contributed by atoms with Crippen LogP contribution in [0.1, 0.15) is 12.5 Å². The predicted octanol–water partition coefficient (Wildman–Crippen LogP) is 2.28. The number of rotatable bonds is 5. The Morgan fingerprint density at radius 2 is 2.26 bits per heavy atom. The maximum atomic E-state index is 5.52. The van der Waals surface area contributed by atoms with Crippen LogP contribution in [0.5, 0.6) is 11.5 Å². The SMILES string of the molecule is CCOc1cc(/C=N\NC(=S)NC)cc(Br)c1OC. The Morgan fingerprint density at radius 3 is 2.84 bits per heavy atom. The Balaban J connectivity index is 2.93. The zero-order chi connectivity index (χ0) is 14.3. The molecule has 0 saturated carbocycles. The van der Waals surface area contributed by atoms with E-state index < -0.39 is 0 Å². The van der Waals surface area contributed by atoms with Crippen molar-refractivity contribution in [2.45, 2.75) is 6.92 Å². The minimum absolute atomic E-state index is 0.453. The Morgan fingerprint density at radius 1 is 1.53 bits per heavy atom. The minimum Gasteiger partial charge on any atom is -0.492 e. The molecule has 0 bridgehead atoms. The van der Waals surface area contributed by atoms with Crippen LogP contribution >= 0.6 is 28.1 Å². The quantitative estimate of drug-likeness (QED) is 0.487. The number of halogens is 1. The molecule has 1 rings (SSSR count). The van der Waals surface area contributed by atoms with E-state index in [2.05, 4.69) is 31.8 Å². The lowest BCUT2D eigenvalue weighted by Crippen LogP contribution is -2.28. The standard InChI is InChI=1S/C12H16BrN3O2S/c1-4-18-10-6-8(5-9(13)11(10)17-3)7-15-16-12(19)14-2/h5-7H,4H2,1-3H3,(H2,14,16,19)/b15-7-. The van der Waals surface area contributed by atoms with Gasteiger partial charge in [0.15, 0.2) is 16.6 Å². The zero-order valence-corrected chi connectivity index (χ0v) is 13.4. The smallest absolute Gasteiger partial charge is 0.186 e. The summed E-state index contributed by atoms with van der Waals surface area (Å²) in [4.78, 5) is 0. The molecule has 1 aromatic rings. The number of thiocarbonyl (C=S) groups is 1. The van der Waals surface area contributed by atoms with E-state index in [1.54, 1.807) is 20.4 Å². The molecule has 0 aliphatic rings. The number of methoxy groups -OCH3 is 1. The van der Waals surface area contributed by atoms with E-state index in [4.69, 9.17) is 21.7 Å².